The number of esters is 1. The van der Waals surface area contributed by atoms with E-state index in [0.29, 0.717) is 6.42 Å². The van der Waals surface area contributed by atoms with Gasteiger partial charge < -0.3 is 9.47 Å². The van der Waals surface area contributed by atoms with Gasteiger partial charge in [-0.1, -0.05) is 31.2 Å². The molecule has 0 N–H and O–H groups in total. The third-order valence-electron chi connectivity index (χ3n) is 3.65. The first-order chi connectivity index (χ1) is 12.0. The van der Waals surface area contributed by atoms with Gasteiger partial charge in [-0.2, -0.15) is 0 Å². The van der Waals surface area contributed by atoms with Crippen molar-refractivity contribution >= 4 is 17.3 Å². The van der Waals surface area contributed by atoms with E-state index in [1.807, 2.05) is 19.1 Å². The molecule has 0 saturated carbocycles. The van der Waals surface area contributed by atoms with Crippen LogP contribution in [-0.4, -0.2) is 25.5 Å². The second kappa shape index (κ2) is 8.78. The van der Waals surface area contributed by atoms with Crippen LogP contribution >= 0.6 is 0 Å². The molecule has 0 heterocycles. The Kier molecular flexibility index (Phi) is 6.46. The number of methoxy groups -OCH3 is 1. The van der Waals surface area contributed by atoms with Crippen LogP contribution in [0.25, 0.3) is 5.57 Å². The smallest absolute Gasteiger partial charge is 0.331 e. The molecule has 0 aliphatic heterocycles. The molecule has 4 nitrogen and oxygen atoms in total. The van der Waals surface area contributed by atoms with Crippen molar-refractivity contribution in [2.24, 2.45) is 0 Å². The first-order valence-corrected chi connectivity index (χ1v) is 7.84. The summed E-state index contributed by atoms with van der Waals surface area (Å²) >= 11 is 0. The lowest BCUT2D eigenvalue weighted by atomic mass is 10.0. The molecular weight excluding hydrogens is 323 g/mol. The van der Waals surface area contributed by atoms with Gasteiger partial charge in [-0.3, -0.25) is 4.79 Å². The number of ether oxygens (including phenoxy) is 2. The Balaban J connectivity index is 2.02. The SMILES string of the molecule is CCC(=CC(=O)OCC(=O)c1ccccc1F)c1ccc(OC)cc1. The van der Waals surface area contributed by atoms with Gasteiger partial charge in [0.2, 0.25) is 5.78 Å². The molecule has 25 heavy (non-hydrogen) atoms. The van der Waals surface area contributed by atoms with Crippen molar-refractivity contribution in [2.45, 2.75) is 13.3 Å². The average Bonchev–Trinajstić information content (AvgIpc) is 2.64. The summed E-state index contributed by atoms with van der Waals surface area (Å²) in [7, 11) is 1.58. The van der Waals surface area contributed by atoms with Crippen LogP contribution in [-0.2, 0) is 9.53 Å². The molecule has 0 fully saturated rings. The number of carbonyl (C=O) groups is 2. The van der Waals surface area contributed by atoms with Gasteiger partial charge in [0.05, 0.1) is 12.7 Å². The van der Waals surface area contributed by atoms with E-state index in [0.717, 1.165) is 16.9 Å². The zero-order valence-electron chi connectivity index (χ0n) is 14.1. The van der Waals surface area contributed by atoms with Crippen molar-refractivity contribution in [3.05, 3.63) is 71.6 Å². The Morgan fingerprint density at radius 1 is 1.08 bits per heavy atom. The standard InChI is InChI=1S/C20H19FO4/c1-3-14(15-8-10-16(24-2)11-9-15)12-20(23)25-13-19(22)17-6-4-5-7-18(17)21/h4-12H,3,13H2,1-2H3. The summed E-state index contributed by atoms with van der Waals surface area (Å²) in [4.78, 5) is 23.9. The van der Waals surface area contributed by atoms with Crippen molar-refractivity contribution < 1.29 is 23.5 Å². The van der Waals surface area contributed by atoms with E-state index in [4.69, 9.17) is 9.47 Å². The highest BCUT2D eigenvalue weighted by molar-refractivity contribution is 5.99. The number of rotatable bonds is 7. The van der Waals surface area contributed by atoms with E-state index in [2.05, 4.69) is 0 Å². The second-order valence-corrected chi connectivity index (χ2v) is 5.26. The van der Waals surface area contributed by atoms with Gasteiger partial charge in [-0.15, -0.1) is 0 Å². The largest absolute Gasteiger partial charge is 0.497 e. The monoisotopic (exact) mass is 342 g/mol. The van der Waals surface area contributed by atoms with Gasteiger partial charge in [-0.05, 0) is 41.8 Å². The maximum Gasteiger partial charge on any atom is 0.331 e. The summed E-state index contributed by atoms with van der Waals surface area (Å²) in [5, 5.41) is 0. The maximum absolute atomic E-state index is 13.5. The number of benzene rings is 2. The van der Waals surface area contributed by atoms with Crippen molar-refractivity contribution in [3.63, 3.8) is 0 Å². The number of Topliss-reactive ketones (excluding diaryl/α,β-unsaturated/α-hetero) is 1. The Hall–Kier alpha value is -2.95. The lowest BCUT2D eigenvalue weighted by Gasteiger charge is -2.07. The highest BCUT2D eigenvalue weighted by Gasteiger charge is 2.13. The minimum Gasteiger partial charge on any atom is -0.497 e. The van der Waals surface area contributed by atoms with Crippen LogP contribution in [0.4, 0.5) is 4.39 Å². The Labute approximate surface area is 145 Å². The summed E-state index contributed by atoms with van der Waals surface area (Å²) in [6.07, 6.45) is 1.96. The zero-order chi connectivity index (χ0) is 18.2. The first-order valence-electron chi connectivity index (χ1n) is 7.84. The third kappa shape index (κ3) is 5.01. The Morgan fingerprint density at radius 2 is 1.76 bits per heavy atom. The quantitative estimate of drug-likeness (QED) is 0.433. The molecule has 0 bridgehead atoms. The van der Waals surface area contributed by atoms with E-state index < -0.39 is 24.2 Å². The van der Waals surface area contributed by atoms with Crippen molar-refractivity contribution in [3.8, 4) is 5.75 Å². The fourth-order valence-corrected chi connectivity index (χ4v) is 2.28. The fourth-order valence-electron chi connectivity index (χ4n) is 2.28. The number of halogens is 1. The third-order valence-corrected chi connectivity index (χ3v) is 3.65. The summed E-state index contributed by atoms with van der Waals surface area (Å²) < 4.78 is 23.6. The Morgan fingerprint density at radius 3 is 2.36 bits per heavy atom. The molecule has 5 heteroatoms. The van der Waals surface area contributed by atoms with E-state index in [9.17, 15) is 14.0 Å². The van der Waals surface area contributed by atoms with Crippen LogP contribution < -0.4 is 4.74 Å². The molecule has 0 aromatic heterocycles. The highest BCUT2D eigenvalue weighted by atomic mass is 19.1. The molecule has 0 spiro atoms. The molecule has 0 unspecified atom stereocenters. The van der Waals surface area contributed by atoms with Crippen molar-refractivity contribution in [1.29, 1.82) is 0 Å². The molecule has 0 amide bonds. The van der Waals surface area contributed by atoms with E-state index in [1.165, 1.54) is 24.3 Å². The van der Waals surface area contributed by atoms with Crippen LogP contribution in [0.5, 0.6) is 5.75 Å². The Bertz CT molecular complexity index is 779. The lowest BCUT2D eigenvalue weighted by Crippen LogP contribution is -2.14. The number of allylic oxidation sites excluding steroid dienone is 1. The minimum absolute atomic E-state index is 0.0925. The van der Waals surface area contributed by atoms with Crippen LogP contribution in [0.1, 0.15) is 29.3 Å². The van der Waals surface area contributed by atoms with Crippen LogP contribution in [0.15, 0.2) is 54.6 Å². The normalized spacial score (nSPS) is 11.1. The molecule has 2 rings (SSSR count). The maximum atomic E-state index is 13.5. The van der Waals surface area contributed by atoms with Crippen molar-refractivity contribution in [1.82, 2.24) is 0 Å². The molecule has 2 aromatic carbocycles. The topological polar surface area (TPSA) is 52.6 Å². The lowest BCUT2D eigenvalue weighted by molar-refractivity contribution is -0.136. The van der Waals surface area contributed by atoms with E-state index in [-0.39, 0.29) is 5.56 Å². The molecule has 0 radical (unpaired) electrons. The molecule has 0 aliphatic carbocycles. The molecule has 0 atom stereocenters. The second-order valence-electron chi connectivity index (χ2n) is 5.26. The van der Waals surface area contributed by atoms with Crippen LogP contribution in [0.2, 0.25) is 0 Å². The summed E-state index contributed by atoms with van der Waals surface area (Å²) in [6.45, 7) is 1.41. The van der Waals surface area contributed by atoms with Crippen molar-refractivity contribution in [2.75, 3.05) is 13.7 Å². The van der Waals surface area contributed by atoms with Gasteiger partial charge in [-0.25, -0.2) is 9.18 Å². The average molecular weight is 342 g/mol. The van der Waals surface area contributed by atoms with E-state index >= 15 is 0 Å². The first kappa shape index (κ1) is 18.4. The number of hydrogen-bond acceptors (Lipinski definition) is 4. The molecule has 130 valence electrons. The van der Waals surface area contributed by atoms with Gasteiger partial charge in [0.25, 0.3) is 0 Å². The fraction of sp³-hybridized carbons (Fsp3) is 0.200. The minimum atomic E-state index is -0.641. The predicted molar refractivity (Wildman–Crippen MR) is 93.0 cm³/mol. The molecule has 0 aliphatic rings. The van der Waals surface area contributed by atoms with E-state index in [1.54, 1.807) is 25.3 Å². The number of hydrogen-bond donors (Lipinski definition) is 0. The zero-order valence-corrected chi connectivity index (χ0v) is 14.1. The summed E-state index contributed by atoms with van der Waals surface area (Å²) in [5.74, 6) is -1.14. The van der Waals surface area contributed by atoms with Gasteiger partial charge in [0.15, 0.2) is 6.61 Å². The molecule has 0 saturated heterocycles. The molecule has 2 aromatic rings. The summed E-state index contributed by atoms with van der Waals surface area (Å²) in [5.41, 5.74) is 1.54. The van der Waals surface area contributed by atoms with Crippen LogP contribution in [0, 0.1) is 5.82 Å². The predicted octanol–water partition coefficient (Wildman–Crippen LogP) is 4.05. The highest BCUT2D eigenvalue weighted by Crippen LogP contribution is 2.21. The number of ketones is 1. The van der Waals surface area contributed by atoms with Gasteiger partial charge >= 0.3 is 5.97 Å². The number of carbonyl (C=O) groups excluding carboxylic acids is 2. The van der Waals surface area contributed by atoms with Crippen LogP contribution in [0.3, 0.4) is 0 Å². The van der Waals surface area contributed by atoms with Gasteiger partial charge in [0.1, 0.15) is 11.6 Å². The molecular formula is C20H19FO4. The van der Waals surface area contributed by atoms with Gasteiger partial charge in [0, 0.05) is 6.08 Å². The summed E-state index contributed by atoms with van der Waals surface area (Å²) in [6, 6.07) is 12.9.